The molecule has 3 spiro atoms. The van der Waals surface area contributed by atoms with Crippen LogP contribution >= 0.6 is 0 Å². The van der Waals surface area contributed by atoms with Crippen molar-refractivity contribution < 1.29 is 28.8 Å². The molecule has 0 aromatic carbocycles. The van der Waals surface area contributed by atoms with Crippen molar-refractivity contribution in [1.29, 1.82) is 0 Å². The maximum Gasteiger partial charge on any atom is 0.224 e. The molecule has 5 aliphatic rings. The first-order valence-electron chi connectivity index (χ1n) is 10.7. The van der Waals surface area contributed by atoms with Crippen molar-refractivity contribution in [3.63, 3.8) is 0 Å². The van der Waals surface area contributed by atoms with Crippen molar-refractivity contribution in [1.82, 2.24) is 0 Å². The number of aliphatic hydroxyl groups is 1. The summed E-state index contributed by atoms with van der Waals surface area (Å²) < 4.78 is 30.8. The van der Waals surface area contributed by atoms with E-state index in [1.54, 1.807) is 0 Å². The zero-order chi connectivity index (χ0) is 18.3. The minimum absolute atomic E-state index is 0.213. The van der Waals surface area contributed by atoms with Gasteiger partial charge in [0.25, 0.3) is 0 Å². The molecule has 1 N–H and O–H groups in total. The Labute approximate surface area is 156 Å². The molecular weight excluding hydrogens is 336 g/mol. The molecule has 3 saturated heterocycles. The fourth-order valence-corrected chi connectivity index (χ4v) is 5.14. The van der Waals surface area contributed by atoms with Crippen LogP contribution in [0.15, 0.2) is 0 Å². The lowest BCUT2D eigenvalue weighted by atomic mass is 9.93. The van der Waals surface area contributed by atoms with Gasteiger partial charge < -0.3 is 28.8 Å². The van der Waals surface area contributed by atoms with Crippen LogP contribution in [0.5, 0.6) is 0 Å². The predicted molar refractivity (Wildman–Crippen MR) is 94.5 cm³/mol. The molecule has 5 rings (SSSR count). The lowest BCUT2D eigenvalue weighted by molar-refractivity contribution is -0.336. The van der Waals surface area contributed by atoms with E-state index in [0.717, 1.165) is 51.4 Å². The molecule has 0 radical (unpaired) electrons. The minimum Gasteiger partial charge on any atom is -0.385 e. The van der Waals surface area contributed by atoms with E-state index in [1.807, 2.05) is 13.8 Å². The van der Waals surface area contributed by atoms with Gasteiger partial charge in [-0.15, -0.1) is 0 Å². The van der Waals surface area contributed by atoms with Gasteiger partial charge in [-0.2, -0.15) is 0 Å². The van der Waals surface area contributed by atoms with Gasteiger partial charge >= 0.3 is 0 Å². The van der Waals surface area contributed by atoms with Crippen LogP contribution in [-0.2, 0) is 23.7 Å². The van der Waals surface area contributed by atoms with E-state index in [-0.39, 0.29) is 18.8 Å². The number of hydrogen-bond donors (Lipinski definition) is 1. The van der Waals surface area contributed by atoms with E-state index in [9.17, 15) is 5.11 Å². The van der Waals surface area contributed by atoms with Crippen LogP contribution in [0, 0.1) is 0 Å². The fourth-order valence-electron chi connectivity index (χ4n) is 5.14. The molecule has 150 valence electrons. The van der Waals surface area contributed by atoms with E-state index in [4.69, 9.17) is 23.7 Å². The molecule has 2 saturated carbocycles. The predicted octanol–water partition coefficient (Wildman–Crippen LogP) is 3.25. The number of ether oxygens (including phenoxy) is 5. The summed E-state index contributed by atoms with van der Waals surface area (Å²) in [5.74, 6) is -2.19. The lowest BCUT2D eigenvalue weighted by Gasteiger charge is -2.42. The molecule has 5 fully saturated rings. The van der Waals surface area contributed by atoms with Crippen molar-refractivity contribution in [3.8, 4) is 0 Å². The van der Waals surface area contributed by atoms with Crippen LogP contribution in [0.2, 0.25) is 0 Å². The Morgan fingerprint density at radius 3 is 2.04 bits per heavy atom. The highest BCUT2D eigenvalue weighted by atomic mass is 16.9. The van der Waals surface area contributed by atoms with Crippen molar-refractivity contribution >= 4 is 0 Å². The van der Waals surface area contributed by atoms with Gasteiger partial charge in [-0.05, 0) is 25.7 Å². The number of hydrogen-bond acceptors (Lipinski definition) is 6. The zero-order valence-corrected chi connectivity index (χ0v) is 16.2. The normalized spacial score (nSPS) is 43.3. The molecule has 0 aromatic heterocycles. The Hall–Kier alpha value is -0.240. The second kappa shape index (κ2) is 7.30. The Kier molecular flexibility index (Phi) is 5.36. The van der Waals surface area contributed by atoms with Gasteiger partial charge in [0.1, 0.15) is 24.9 Å². The molecule has 0 aromatic rings. The maximum absolute atomic E-state index is 11.0. The van der Waals surface area contributed by atoms with E-state index in [0.29, 0.717) is 6.61 Å². The summed E-state index contributed by atoms with van der Waals surface area (Å²) in [7, 11) is 0. The summed E-state index contributed by atoms with van der Waals surface area (Å²) in [6.45, 7) is 4.66. The van der Waals surface area contributed by atoms with Crippen molar-refractivity contribution in [2.24, 2.45) is 0 Å². The highest BCUT2D eigenvalue weighted by Crippen LogP contribution is 2.50. The molecular formula is C20H34O6. The van der Waals surface area contributed by atoms with Crippen LogP contribution < -0.4 is 0 Å². The number of rotatable bonds is 0. The summed E-state index contributed by atoms with van der Waals surface area (Å²) in [6, 6.07) is 0. The first-order chi connectivity index (χ1) is 12.6. The topological polar surface area (TPSA) is 66.4 Å². The second-order valence-corrected chi connectivity index (χ2v) is 8.14. The molecule has 3 heterocycles. The maximum atomic E-state index is 11.0. The van der Waals surface area contributed by atoms with Gasteiger partial charge in [0, 0.05) is 25.7 Å². The Bertz CT molecular complexity index is 473. The molecule has 0 amide bonds. The fraction of sp³-hybridized carbons (Fsp3) is 1.00. The molecule has 3 aliphatic heterocycles. The minimum atomic E-state index is -1.10. The summed E-state index contributed by atoms with van der Waals surface area (Å²) >= 11 is 0. The average Bonchev–Trinajstić information content (AvgIpc) is 3.22. The third kappa shape index (κ3) is 3.12. The zero-order valence-electron chi connectivity index (χ0n) is 16.2. The molecule has 4 atom stereocenters. The highest BCUT2D eigenvalue weighted by Gasteiger charge is 2.64. The monoisotopic (exact) mass is 370 g/mol. The molecule has 26 heavy (non-hydrogen) atoms. The van der Waals surface area contributed by atoms with Crippen LogP contribution in [-0.4, -0.2) is 54.0 Å². The molecule has 0 unspecified atom stereocenters. The van der Waals surface area contributed by atoms with Crippen LogP contribution in [0.1, 0.15) is 78.1 Å². The SMILES string of the molecule is CC.O[C@H]1[C@@H]2OC3(CCCCC3)O[C@@H]2CO[C@]12COC1(CCCCC1)O2. The molecule has 6 nitrogen and oxygen atoms in total. The van der Waals surface area contributed by atoms with Crippen LogP contribution in [0.3, 0.4) is 0 Å². The van der Waals surface area contributed by atoms with E-state index >= 15 is 0 Å². The van der Waals surface area contributed by atoms with Gasteiger partial charge in [-0.3, -0.25) is 0 Å². The van der Waals surface area contributed by atoms with Crippen LogP contribution in [0.25, 0.3) is 0 Å². The Morgan fingerprint density at radius 2 is 1.38 bits per heavy atom. The molecule has 0 bridgehead atoms. The van der Waals surface area contributed by atoms with E-state index < -0.39 is 23.5 Å². The largest absolute Gasteiger partial charge is 0.385 e. The van der Waals surface area contributed by atoms with Gasteiger partial charge in [-0.25, -0.2) is 0 Å². The van der Waals surface area contributed by atoms with Crippen molar-refractivity contribution in [2.75, 3.05) is 13.2 Å². The number of fused-ring (bicyclic) bond motifs is 1. The Balaban J connectivity index is 0.000000814. The first kappa shape index (κ1) is 19.1. The standard InChI is InChI=1S/C18H28O6.C2H6/c19-15-14-13(22-17(23-14)9-5-2-6-10-17)11-20-18(15)12-21-16(24-18)7-3-1-4-8-16;1-2/h13-15,19H,1-12H2;1-2H3/t13-,14-,15+,18+;/m1./s1. The quantitative estimate of drug-likeness (QED) is 0.706. The van der Waals surface area contributed by atoms with Gasteiger partial charge in [0.2, 0.25) is 5.79 Å². The summed E-state index contributed by atoms with van der Waals surface area (Å²) in [4.78, 5) is 0. The summed E-state index contributed by atoms with van der Waals surface area (Å²) in [5, 5.41) is 11.0. The van der Waals surface area contributed by atoms with Crippen LogP contribution in [0.4, 0.5) is 0 Å². The van der Waals surface area contributed by atoms with Crippen molar-refractivity contribution in [3.05, 3.63) is 0 Å². The number of aliphatic hydroxyl groups excluding tert-OH is 1. The van der Waals surface area contributed by atoms with Gasteiger partial charge in [0.05, 0.1) is 6.61 Å². The molecule has 6 heteroatoms. The second-order valence-electron chi connectivity index (χ2n) is 8.14. The average molecular weight is 370 g/mol. The first-order valence-corrected chi connectivity index (χ1v) is 10.7. The Morgan fingerprint density at radius 1 is 0.769 bits per heavy atom. The van der Waals surface area contributed by atoms with Crippen molar-refractivity contribution in [2.45, 2.75) is 114 Å². The van der Waals surface area contributed by atoms with E-state index in [1.165, 1.54) is 12.8 Å². The summed E-state index contributed by atoms with van der Waals surface area (Å²) in [5.41, 5.74) is 0. The molecule has 2 aliphatic carbocycles. The van der Waals surface area contributed by atoms with E-state index in [2.05, 4.69) is 0 Å². The summed E-state index contributed by atoms with van der Waals surface area (Å²) in [6.07, 6.45) is 8.95. The third-order valence-electron chi connectivity index (χ3n) is 6.46. The third-order valence-corrected chi connectivity index (χ3v) is 6.46. The van der Waals surface area contributed by atoms with Gasteiger partial charge in [-0.1, -0.05) is 26.7 Å². The lowest BCUT2D eigenvalue weighted by Crippen LogP contribution is -2.62. The smallest absolute Gasteiger partial charge is 0.224 e. The highest BCUT2D eigenvalue weighted by molar-refractivity contribution is 5.03. The van der Waals surface area contributed by atoms with Gasteiger partial charge in [0.15, 0.2) is 11.6 Å².